The molecule has 0 spiro atoms. The topological polar surface area (TPSA) is 64.1 Å². The number of hydrogen-bond acceptors (Lipinski definition) is 4. The van der Waals surface area contributed by atoms with E-state index in [1.807, 2.05) is 6.07 Å². The lowest BCUT2D eigenvalue weighted by Gasteiger charge is -2.36. The maximum atomic E-state index is 12.2. The van der Waals surface area contributed by atoms with Crippen molar-refractivity contribution >= 4 is 17.6 Å². The van der Waals surface area contributed by atoms with Crippen molar-refractivity contribution in [2.24, 2.45) is 5.92 Å². The van der Waals surface area contributed by atoms with Gasteiger partial charge in [-0.15, -0.1) is 0 Å². The summed E-state index contributed by atoms with van der Waals surface area (Å²) in [6, 6.07) is 10.4. The van der Waals surface area contributed by atoms with Gasteiger partial charge >= 0.3 is 5.97 Å². The second kappa shape index (κ2) is 7.66. The molecular formula is C18H25N3O3. The third-order valence-electron chi connectivity index (χ3n) is 5.03. The van der Waals surface area contributed by atoms with Gasteiger partial charge in [0, 0.05) is 57.9 Å². The van der Waals surface area contributed by atoms with Gasteiger partial charge in [-0.1, -0.05) is 18.2 Å². The van der Waals surface area contributed by atoms with Crippen molar-refractivity contribution in [1.29, 1.82) is 0 Å². The highest BCUT2D eigenvalue weighted by atomic mass is 16.4. The number of hydrogen-bond donors (Lipinski definition) is 1. The predicted molar refractivity (Wildman–Crippen MR) is 92.0 cm³/mol. The number of benzene rings is 1. The summed E-state index contributed by atoms with van der Waals surface area (Å²) in [7, 11) is 0. The molecule has 0 saturated carbocycles. The first kappa shape index (κ1) is 16.8. The van der Waals surface area contributed by atoms with Crippen LogP contribution in [0.2, 0.25) is 0 Å². The van der Waals surface area contributed by atoms with Crippen LogP contribution >= 0.6 is 0 Å². The molecule has 0 bridgehead atoms. The normalized spacial score (nSPS) is 21.9. The van der Waals surface area contributed by atoms with Gasteiger partial charge in [0.25, 0.3) is 0 Å². The SMILES string of the molecule is O=C(O)[C@@H]1CCN(C(=O)CCN2CCN(c3ccccc3)CC2)C1. The van der Waals surface area contributed by atoms with Gasteiger partial charge in [0.05, 0.1) is 5.92 Å². The van der Waals surface area contributed by atoms with Crippen LogP contribution in [0.25, 0.3) is 0 Å². The van der Waals surface area contributed by atoms with Gasteiger partial charge in [-0.2, -0.15) is 0 Å². The lowest BCUT2D eigenvalue weighted by Crippen LogP contribution is -2.47. The molecule has 1 amide bonds. The van der Waals surface area contributed by atoms with Gasteiger partial charge in [0.15, 0.2) is 0 Å². The fourth-order valence-electron chi connectivity index (χ4n) is 3.47. The van der Waals surface area contributed by atoms with Crippen LogP contribution in [-0.4, -0.2) is 72.6 Å². The standard InChI is InChI=1S/C18H25N3O3/c22-17(21-9-6-15(14-21)18(23)24)7-8-19-10-12-20(13-11-19)16-4-2-1-3-5-16/h1-5,15H,6-14H2,(H,23,24)/t15-/m1/s1. The molecule has 0 radical (unpaired) electrons. The van der Waals surface area contributed by atoms with Crippen LogP contribution < -0.4 is 4.90 Å². The highest BCUT2D eigenvalue weighted by Gasteiger charge is 2.30. The Morgan fingerprint density at radius 2 is 1.75 bits per heavy atom. The molecule has 2 aliphatic rings. The van der Waals surface area contributed by atoms with Gasteiger partial charge in [-0.05, 0) is 18.6 Å². The minimum atomic E-state index is -0.790. The molecule has 0 aromatic heterocycles. The van der Waals surface area contributed by atoms with E-state index < -0.39 is 5.97 Å². The monoisotopic (exact) mass is 331 g/mol. The fraction of sp³-hybridized carbons (Fsp3) is 0.556. The zero-order chi connectivity index (χ0) is 16.9. The van der Waals surface area contributed by atoms with Crippen molar-refractivity contribution in [3.63, 3.8) is 0 Å². The van der Waals surface area contributed by atoms with Crippen molar-refractivity contribution in [2.45, 2.75) is 12.8 Å². The molecular weight excluding hydrogens is 306 g/mol. The Labute approximate surface area is 142 Å². The van der Waals surface area contributed by atoms with E-state index in [1.165, 1.54) is 5.69 Å². The van der Waals surface area contributed by atoms with Crippen LogP contribution in [0.4, 0.5) is 5.69 Å². The van der Waals surface area contributed by atoms with E-state index in [0.29, 0.717) is 25.9 Å². The van der Waals surface area contributed by atoms with Crippen molar-refractivity contribution < 1.29 is 14.7 Å². The van der Waals surface area contributed by atoms with E-state index in [1.54, 1.807) is 4.90 Å². The van der Waals surface area contributed by atoms with E-state index in [2.05, 4.69) is 34.1 Å². The number of carboxylic acids is 1. The number of likely N-dealkylation sites (tertiary alicyclic amines) is 1. The van der Waals surface area contributed by atoms with E-state index in [0.717, 1.165) is 32.7 Å². The first-order valence-corrected chi connectivity index (χ1v) is 8.66. The molecule has 2 fully saturated rings. The molecule has 0 aliphatic carbocycles. The van der Waals surface area contributed by atoms with Crippen molar-refractivity contribution in [1.82, 2.24) is 9.80 Å². The van der Waals surface area contributed by atoms with Crippen LogP contribution in [0.15, 0.2) is 30.3 Å². The Morgan fingerprint density at radius 1 is 1.04 bits per heavy atom. The number of rotatable bonds is 5. The smallest absolute Gasteiger partial charge is 0.308 e. The fourth-order valence-corrected chi connectivity index (χ4v) is 3.47. The largest absolute Gasteiger partial charge is 0.481 e. The van der Waals surface area contributed by atoms with Crippen molar-refractivity contribution in [3.05, 3.63) is 30.3 Å². The number of piperazine rings is 1. The summed E-state index contributed by atoms with van der Waals surface area (Å²) in [6.45, 7) is 5.58. The Morgan fingerprint density at radius 3 is 2.38 bits per heavy atom. The lowest BCUT2D eigenvalue weighted by molar-refractivity contribution is -0.141. The number of aliphatic carboxylic acids is 1. The van der Waals surface area contributed by atoms with Crippen LogP contribution in [0, 0.1) is 5.92 Å². The molecule has 3 rings (SSSR count). The van der Waals surface area contributed by atoms with Crippen LogP contribution in [0.5, 0.6) is 0 Å². The summed E-state index contributed by atoms with van der Waals surface area (Å²) in [6.07, 6.45) is 1.06. The summed E-state index contributed by atoms with van der Waals surface area (Å²) < 4.78 is 0. The number of carboxylic acid groups (broad SMARTS) is 1. The molecule has 24 heavy (non-hydrogen) atoms. The zero-order valence-corrected chi connectivity index (χ0v) is 13.9. The van der Waals surface area contributed by atoms with Crippen molar-refractivity contribution in [3.8, 4) is 0 Å². The molecule has 1 aromatic rings. The molecule has 6 nitrogen and oxygen atoms in total. The third kappa shape index (κ3) is 4.06. The number of para-hydroxylation sites is 1. The van der Waals surface area contributed by atoms with E-state index in [-0.39, 0.29) is 11.8 Å². The highest BCUT2D eigenvalue weighted by molar-refractivity contribution is 5.78. The second-order valence-electron chi connectivity index (χ2n) is 6.58. The summed E-state index contributed by atoms with van der Waals surface area (Å²) in [5.41, 5.74) is 1.25. The summed E-state index contributed by atoms with van der Waals surface area (Å²) >= 11 is 0. The van der Waals surface area contributed by atoms with E-state index in [9.17, 15) is 9.59 Å². The quantitative estimate of drug-likeness (QED) is 0.876. The lowest BCUT2D eigenvalue weighted by atomic mass is 10.1. The van der Waals surface area contributed by atoms with Crippen LogP contribution in [-0.2, 0) is 9.59 Å². The Balaban J connectivity index is 1.39. The second-order valence-corrected chi connectivity index (χ2v) is 6.58. The number of amides is 1. The Hall–Kier alpha value is -2.08. The van der Waals surface area contributed by atoms with Crippen molar-refractivity contribution in [2.75, 3.05) is 50.7 Å². The highest BCUT2D eigenvalue weighted by Crippen LogP contribution is 2.18. The molecule has 1 aromatic carbocycles. The molecule has 2 aliphatic heterocycles. The molecule has 1 atom stereocenters. The number of nitrogens with zero attached hydrogens (tertiary/aromatic N) is 3. The summed E-state index contributed by atoms with van der Waals surface area (Å²) in [4.78, 5) is 29.6. The number of anilines is 1. The van der Waals surface area contributed by atoms with Crippen LogP contribution in [0.1, 0.15) is 12.8 Å². The van der Waals surface area contributed by atoms with Crippen LogP contribution in [0.3, 0.4) is 0 Å². The van der Waals surface area contributed by atoms with Gasteiger partial charge in [0.1, 0.15) is 0 Å². The number of carbonyl (C=O) groups is 2. The van der Waals surface area contributed by atoms with Gasteiger partial charge in [0.2, 0.25) is 5.91 Å². The maximum absolute atomic E-state index is 12.2. The average molecular weight is 331 g/mol. The molecule has 2 saturated heterocycles. The predicted octanol–water partition coefficient (Wildman–Crippen LogP) is 1.13. The maximum Gasteiger partial charge on any atom is 0.308 e. The Bertz CT molecular complexity index is 570. The van der Waals surface area contributed by atoms with Gasteiger partial charge < -0.3 is 14.9 Å². The van der Waals surface area contributed by atoms with Gasteiger partial charge in [-0.3, -0.25) is 14.5 Å². The first-order valence-electron chi connectivity index (χ1n) is 8.66. The summed E-state index contributed by atoms with van der Waals surface area (Å²) in [5.74, 6) is -1.09. The molecule has 2 heterocycles. The molecule has 0 unspecified atom stereocenters. The number of carbonyl (C=O) groups excluding carboxylic acids is 1. The molecule has 130 valence electrons. The zero-order valence-electron chi connectivity index (χ0n) is 13.9. The first-order chi connectivity index (χ1) is 11.6. The van der Waals surface area contributed by atoms with E-state index in [4.69, 9.17) is 5.11 Å². The third-order valence-corrected chi connectivity index (χ3v) is 5.03. The Kier molecular flexibility index (Phi) is 5.35. The molecule has 6 heteroatoms. The van der Waals surface area contributed by atoms with Gasteiger partial charge in [-0.25, -0.2) is 0 Å². The summed E-state index contributed by atoms with van der Waals surface area (Å²) in [5, 5.41) is 9.01. The van der Waals surface area contributed by atoms with E-state index >= 15 is 0 Å². The average Bonchev–Trinajstić information content (AvgIpc) is 3.11. The molecule has 1 N–H and O–H groups in total. The minimum Gasteiger partial charge on any atom is -0.481 e. The minimum absolute atomic E-state index is 0.0873.